The molecule has 0 unspecified atom stereocenters. The largest absolute Gasteiger partial charge is 0.453 e. The molecule has 0 saturated carbocycles. The Hall–Kier alpha value is -2.74. The number of fused-ring (bicyclic) bond motifs is 1. The van der Waals surface area contributed by atoms with E-state index in [-0.39, 0.29) is 0 Å². The molecule has 4 rings (SSSR count). The van der Waals surface area contributed by atoms with Crippen LogP contribution in [-0.4, -0.2) is 0 Å². The maximum atomic E-state index is 6.08. The Morgan fingerprint density at radius 3 is 2.57 bits per heavy atom. The van der Waals surface area contributed by atoms with Crippen molar-refractivity contribution in [2.24, 2.45) is 0 Å². The van der Waals surface area contributed by atoms with Crippen LogP contribution in [0.15, 0.2) is 90.4 Å². The second kappa shape index (κ2) is 4.98. The van der Waals surface area contributed by atoms with Gasteiger partial charge in [-0.05, 0) is 30.3 Å². The minimum atomic E-state index is 0.853. The predicted octanol–water partition coefficient (Wildman–Crippen LogP) is 4.94. The first-order valence-electron chi connectivity index (χ1n) is 7.12. The molecule has 2 aromatic rings. The average molecular weight is 273 g/mol. The quantitative estimate of drug-likeness (QED) is 0.729. The summed E-state index contributed by atoms with van der Waals surface area (Å²) in [7, 11) is 0. The molecule has 0 fully saturated rings. The molecule has 0 spiro atoms. The number of rotatable bonds is 1. The van der Waals surface area contributed by atoms with Gasteiger partial charge in [0, 0.05) is 12.1 Å². The highest BCUT2D eigenvalue weighted by Crippen LogP contribution is 2.43. The highest BCUT2D eigenvalue weighted by atomic mass is 16.5. The Kier molecular flexibility index (Phi) is 2.86. The maximum absolute atomic E-state index is 6.08. The van der Waals surface area contributed by atoms with Crippen molar-refractivity contribution in [2.45, 2.75) is 6.42 Å². The van der Waals surface area contributed by atoms with E-state index >= 15 is 0 Å². The molecule has 2 aliphatic rings. The second-order valence-electron chi connectivity index (χ2n) is 5.04. The van der Waals surface area contributed by atoms with E-state index in [2.05, 4.69) is 47.4 Å². The van der Waals surface area contributed by atoms with Crippen molar-refractivity contribution in [1.29, 1.82) is 0 Å². The van der Waals surface area contributed by atoms with E-state index in [1.807, 2.05) is 36.4 Å². The molecular formula is C19H15NO. The van der Waals surface area contributed by atoms with Crippen LogP contribution < -0.4 is 9.64 Å². The minimum absolute atomic E-state index is 0.853. The van der Waals surface area contributed by atoms with Gasteiger partial charge < -0.3 is 9.64 Å². The highest BCUT2D eigenvalue weighted by Gasteiger charge is 2.26. The molecule has 0 N–H and O–H groups in total. The van der Waals surface area contributed by atoms with Crippen LogP contribution in [0.5, 0.6) is 5.75 Å². The molecule has 102 valence electrons. The van der Waals surface area contributed by atoms with Crippen LogP contribution in [0.3, 0.4) is 0 Å². The van der Waals surface area contributed by atoms with Crippen LogP contribution in [0.25, 0.3) is 0 Å². The van der Waals surface area contributed by atoms with Crippen LogP contribution in [0.4, 0.5) is 11.4 Å². The second-order valence-corrected chi connectivity index (χ2v) is 5.04. The standard InChI is InChI=1S/C19H15NO/c1-3-9-15(10-4-1)20-16-11-5-2-6-13-18(16)21-19-14-8-7-12-17(19)20/h1-10,12-14H,11H2. The topological polar surface area (TPSA) is 12.5 Å². The number of hydrogen-bond donors (Lipinski definition) is 0. The number of benzene rings is 2. The van der Waals surface area contributed by atoms with Gasteiger partial charge in [-0.15, -0.1) is 0 Å². The van der Waals surface area contributed by atoms with Gasteiger partial charge in [0.15, 0.2) is 5.75 Å². The minimum Gasteiger partial charge on any atom is -0.453 e. The molecule has 21 heavy (non-hydrogen) atoms. The van der Waals surface area contributed by atoms with Crippen molar-refractivity contribution < 1.29 is 4.74 Å². The first-order chi connectivity index (χ1) is 10.4. The third-order valence-corrected chi connectivity index (χ3v) is 3.70. The third-order valence-electron chi connectivity index (χ3n) is 3.70. The molecule has 0 atom stereocenters. The summed E-state index contributed by atoms with van der Waals surface area (Å²) < 4.78 is 6.08. The summed E-state index contributed by atoms with van der Waals surface area (Å²) in [5.41, 5.74) is 3.42. The summed E-state index contributed by atoms with van der Waals surface area (Å²) in [5, 5.41) is 0. The van der Waals surface area contributed by atoms with Crippen LogP contribution in [0, 0.1) is 0 Å². The maximum Gasteiger partial charge on any atom is 0.151 e. The van der Waals surface area contributed by atoms with Crippen LogP contribution in [0.1, 0.15) is 6.42 Å². The van der Waals surface area contributed by atoms with Gasteiger partial charge in [0.05, 0.1) is 11.4 Å². The van der Waals surface area contributed by atoms with Crippen molar-refractivity contribution in [3.63, 3.8) is 0 Å². The molecule has 1 aliphatic heterocycles. The van der Waals surface area contributed by atoms with Crippen LogP contribution >= 0.6 is 0 Å². The fourth-order valence-corrected chi connectivity index (χ4v) is 2.76. The molecule has 1 aliphatic carbocycles. The number of hydrogen-bond acceptors (Lipinski definition) is 2. The Morgan fingerprint density at radius 2 is 1.67 bits per heavy atom. The lowest BCUT2D eigenvalue weighted by molar-refractivity contribution is 0.427. The third kappa shape index (κ3) is 2.05. The summed E-state index contributed by atoms with van der Waals surface area (Å²) in [5.74, 6) is 1.81. The summed E-state index contributed by atoms with van der Waals surface area (Å²) in [4.78, 5) is 2.29. The first-order valence-corrected chi connectivity index (χ1v) is 7.12. The Morgan fingerprint density at radius 1 is 0.857 bits per heavy atom. The van der Waals surface area contributed by atoms with E-state index in [1.54, 1.807) is 0 Å². The van der Waals surface area contributed by atoms with Gasteiger partial charge in [-0.1, -0.05) is 48.6 Å². The molecule has 1 heterocycles. The SMILES string of the molecule is C1=CCC2=C(C=C1)Oc1ccccc1N2c1ccccc1. The van der Waals surface area contributed by atoms with Crippen molar-refractivity contribution in [3.05, 3.63) is 90.4 Å². The van der Waals surface area contributed by atoms with Gasteiger partial charge in [-0.3, -0.25) is 0 Å². The molecule has 0 radical (unpaired) electrons. The Balaban J connectivity index is 1.93. The first kappa shape index (κ1) is 12.0. The average Bonchev–Trinajstić information content (AvgIpc) is 2.78. The molecule has 0 amide bonds. The Labute approximate surface area is 124 Å². The monoisotopic (exact) mass is 273 g/mol. The Bertz CT molecular complexity index is 756. The van der Waals surface area contributed by atoms with Gasteiger partial charge >= 0.3 is 0 Å². The van der Waals surface area contributed by atoms with Gasteiger partial charge in [0.2, 0.25) is 0 Å². The molecule has 0 bridgehead atoms. The molecule has 2 heteroatoms. The van der Waals surface area contributed by atoms with E-state index < -0.39 is 0 Å². The van der Waals surface area contributed by atoms with Gasteiger partial charge in [0.25, 0.3) is 0 Å². The predicted molar refractivity (Wildman–Crippen MR) is 85.6 cm³/mol. The van der Waals surface area contributed by atoms with E-state index in [1.165, 1.54) is 5.70 Å². The van der Waals surface area contributed by atoms with Crippen molar-refractivity contribution in [2.75, 3.05) is 4.90 Å². The molecule has 0 aromatic heterocycles. The van der Waals surface area contributed by atoms with Gasteiger partial charge in [0.1, 0.15) is 5.76 Å². The summed E-state index contributed by atoms with van der Waals surface area (Å²) in [6, 6.07) is 18.6. The van der Waals surface area contributed by atoms with E-state index in [0.717, 1.165) is 29.3 Å². The zero-order valence-electron chi connectivity index (χ0n) is 11.6. The fraction of sp³-hybridized carbons (Fsp3) is 0.0526. The number of allylic oxidation sites excluding steroid dienone is 4. The zero-order valence-corrected chi connectivity index (χ0v) is 11.6. The van der Waals surface area contributed by atoms with Crippen LogP contribution in [0.2, 0.25) is 0 Å². The normalized spacial score (nSPS) is 16.1. The van der Waals surface area contributed by atoms with Gasteiger partial charge in [-0.25, -0.2) is 0 Å². The summed E-state index contributed by atoms with van der Waals surface area (Å²) in [6.45, 7) is 0. The molecular weight excluding hydrogens is 258 g/mol. The fourth-order valence-electron chi connectivity index (χ4n) is 2.76. The lowest BCUT2D eigenvalue weighted by atomic mass is 10.1. The smallest absolute Gasteiger partial charge is 0.151 e. The number of ether oxygens (including phenoxy) is 1. The van der Waals surface area contributed by atoms with Crippen molar-refractivity contribution in [1.82, 2.24) is 0 Å². The lowest BCUT2D eigenvalue weighted by Crippen LogP contribution is -2.23. The van der Waals surface area contributed by atoms with Crippen LogP contribution in [-0.2, 0) is 0 Å². The lowest BCUT2D eigenvalue weighted by Gasteiger charge is -2.33. The highest BCUT2D eigenvalue weighted by molar-refractivity contribution is 5.76. The van der Waals surface area contributed by atoms with Crippen molar-refractivity contribution in [3.8, 4) is 5.75 Å². The summed E-state index contributed by atoms with van der Waals surface area (Å²) >= 11 is 0. The van der Waals surface area contributed by atoms with E-state index in [0.29, 0.717) is 0 Å². The zero-order chi connectivity index (χ0) is 14.1. The number of nitrogens with zero attached hydrogens (tertiary/aromatic N) is 1. The molecule has 2 nitrogen and oxygen atoms in total. The number of para-hydroxylation sites is 3. The van der Waals surface area contributed by atoms with Gasteiger partial charge in [-0.2, -0.15) is 0 Å². The number of anilines is 2. The van der Waals surface area contributed by atoms with E-state index in [9.17, 15) is 0 Å². The molecule has 0 saturated heterocycles. The molecule has 2 aromatic carbocycles. The van der Waals surface area contributed by atoms with E-state index in [4.69, 9.17) is 4.74 Å². The summed E-state index contributed by atoms with van der Waals surface area (Å²) in [6.07, 6.45) is 9.14. The van der Waals surface area contributed by atoms with Crippen molar-refractivity contribution >= 4 is 11.4 Å².